The normalized spacial score (nSPS) is 10.3. The van der Waals surface area contributed by atoms with Gasteiger partial charge in [0.2, 0.25) is 0 Å². The van der Waals surface area contributed by atoms with Gasteiger partial charge in [0.05, 0.1) is 0 Å². The van der Waals surface area contributed by atoms with Crippen LogP contribution in [0.15, 0.2) is 48.5 Å². The molecule has 0 saturated heterocycles. The lowest BCUT2D eigenvalue weighted by atomic mass is 10.1. The average Bonchev–Trinajstić information content (AvgIpc) is 2.59. The molecule has 130 valence electrons. The van der Waals surface area contributed by atoms with Crippen LogP contribution in [0.3, 0.4) is 0 Å². The van der Waals surface area contributed by atoms with Gasteiger partial charge in [-0.25, -0.2) is 0 Å². The Morgan fingerprint density at radius 2 is 1.58 bits per heavy atom. The molecule has 0 saturated carbocycles. The van der Waals surface area contributed by atoms with Gasteiger partial charge in [0, 0.05) is 24.3 Å². The molecule has 1 amide bonds. The van der Waals surface area contributed by atoms with Crippen LogP contribution in [0.4, 0.5) is 5.69 Å². The van der Waals surface area contributed by atoms with Gasteiger partial charge >= 0.3 is 0 Å². The van der Waals surface area contributed by atoms with Crippen molar-refractivity contribution in [1.29, 1.82) is 0 Å². The van der Waals surface area contributed by atoms with Crippen LogP contribution < -0.4 is 11.1 Å². The Hall–Kier alpha value is -2.04. The van der Waals surface area contributed by atoms with Gasteiger partial charge in [-0.15, -0.1) is 12.4 Å². The van der Waals surface area contributed by atoms with Crippen molar-refractivity contribution in [3.8, 4) is 0 Å². The summed E-state index contributed by atoms with van der Waals surface area (Å²) in [6.07, 6.45) is 0. The molecule has 24 heavy (non-hydrogen) atoms. The van der Waals surface area contributed by atoms with Crippen LogP contribution in [0.25, 0.3) is 0 Å². The summed E-state index contributed by atoms with van der Waals surface area (Å²) < 4.78 is 0. The molecule has 0 atom stereocenters. The van der Waals surface area contributed by atoms with Gasteiger partial charge in [-0.05, 0) is 48.5 Å². The average molecular weight is 348 g/mol. The Bertz CT molecular complexity index is 639. The van der Waals surface area contributed by atoms with E-state index in [1.54, 1.807) is 24.3 Å². The zero-order valence-electron chi connectivity index (χ0n) is 14.3. The fourth-order valence-electron chi connectivity index (χ4n) is 2.48. The Morgan fingerprint density at radius 1 is 1.00 bits per heavy atom. The summed E-state index contributed by atoms with van der Waals surface area (Å²) in [6.45, 7) is 7.79. The van der Waals surface area contributed by atoms with Crippen LogP contribution in [-0.2, 0) is 13.1 Å². The molecule has 0 aliphatic rings. The molecule has 0 unspecified atom stereocenters. The second kappa shape index (κ2) is 9.96. The van der Waals surface area contributed by atoms with Crippen LogP contribution in [0.1, 0.15) is 35.3 Å². The van der Waals surface area contributed by atoms with Gasteiger partial charge < -0.3 is 11.1 Å². The van der Waals surface area contributed by atoms with Gasteiger partial charge in [-0.1, -0.05) is 38.1 Å². The van der Waals surface area contributed by atoms with Crippen molar-refractivity contribution in [2.45, 2.75) is 26.9 Å². The van der Waals surface area contributed by atoms with E-state index in [0.29, 0.717) is 17.8 Å². The monoisotopic (exact) mass is 347 g/mol. The van der Waals surface area contributed by atoms with Crippen molar-refractivity contribution in [2.75, 3.05) is 18.8 Å². The molecule has 0 aromatic heterocycles. The molecule has 0 heterocycles. The predicted octanol–water partition coefficient (Wildman–Crippen LogP) is 3.46. The quantitative estimate of drug-likeness (QED) is 0.754. The second-order valence-electron chi connectivity index (χ2n) is 5.53. The number of nitrogens with one attached hydrogen (secondary N) is 1. The number of amides is 1. The minimum Gasteiger partial charge on any atom is -0.399 e. The topological polar surface area (TPSA) is 58.4 Å². The maximum Gasteiger partial charge on any atom is 0.251 e. The Morgan fingerprint density at radius 3 is 2.17 bits per heavy atom. The third-order valence-corrected chi connectivity index (χ3v) is 4.02. The number of benzene rings is 2. The van der Waals surface area contributed by atoms with Gasteiger partial charge in [0.15, 0.2) is 0 Å². The molecule has 4 nitrogen and oxygen atoms in total. The van der Waals surface area contributed by atoms with Crippen LogP contribution in [0.2, 0.25) is 0 Å². The summed E-state index contributed by atoms with van der Waals surface area (Å²) in [4.78, 5) is 14.6. The minimum atomic E-state index is -0.0809. The van der Waals surface area contributed by atoms with Crippen molar-refractivity contribution in [3.05, 3.63) is 65.2 Å². The molecule has 3 N–H and O–H groups in total. The van der Waals surface area contributed by atoms with E-state index in [2.05, 4.69) is 36.2 Å². The highest BCUT2D eigenvalue weighted by molar-refractivity contribution is 5.94. The van der Waals surface area contributed by atoms with E-state index >= 15 is 0 Å². The van der Waals surface area contributed by atoms with E-state index < -0.39 is 0 Å². The SMILES string of the molecule is CCN(CC)Cc1ccccc1CNC(=O)c1ccc(N)cc1.Cl. The van der Waals surface area contributed by atoms with Crippen LogP contribution in [0.5, 0.6) is 0 Å². The third-order valence-electron chi connectivity index (χ3n) is 4.02. The lowest BCUT2D eigenvalue weighted by Crippen LogP contribution is -2.26. The molecule has 2 aromatic rings. The summed E-state index contributed by atoms with van der Waals surface area (Å²) in [5, 5.41) is 2.99. The maximum atomic E-state index is 12.2. The lowest BCUT2D eigenvalue weighted by molar-refractivity contribution is 0.0951. The molecular formula is C19H26ClN3O. The number of carbonyl (C=O) groups excluding carboxylic acids is 1. The summed E-state index contributed by atoms with van der Waals surface area (Å²) in [5.74, 6) is -0.0809. The van der Waals surface area contributed by atoms with E-state index in [0.717, 1.165) is 25.2 Å². The Labute approximate surface area is 150 Å². The summed E-state index contributed by atoms with van der Waals surface area (Å²) in [5.41, 5.74) is 9.35. The fraction of sp³-hybridized carbons (Fsp3) is 0.316. The maximum absolute atomic E-state index is 12.2. The van der Waals surface area contributed by atoms with Gasteiger partial charge in [-0.3, -0.25) is 9.69 Å². The number of halogens is 1. The number of nitrogens with two attached hydrogens (primary N) is 1. The molecule has 2 aromatic carbocycles. The number of nitrogen functional groups attached to an aromatic ring is 1. The number of hydrogen-bond donors (Lipinski definition) is 2. The molecular weight excluding hydrogens is 322 g/mol. The van der Waals surface area contributed by atoms with Crippen molar-refractivity contribution >= 4 is 24.0 Å². The Kier molecular flexibility index (Phi) is 8.30. The van der Waals surface area contributed by atoms with E-state index in [4.69, 9.17) is 5.73 Å². The first kappa shape index (κ1) is 20.0. The first-order chi connectivity index (χ1) is 11.1. The molecule has 2 rings (SSSR count). The van der Waals surface area contributed by atoms with Gasteiger partial charge in [-0.2, -0.15) is 0 Å². The highest BCUT2D eigenvalue weighted by Gasteiger charge is 2.09. The molecule has 0 radical (unpaired) electrons. The Balaban J connectivity index is 0.00000288. The summed E-state index contributed by atoms with van der Waals surface area (Å²) >= 11 is 0. The standard InChI is InChI=1S/C19H25N3O.ClH/c1-3-22(4-2)14-17-8-6-5-7-16(17)13-21-19(23)15-9-11-18(20)12-10-15;/h5-12H,3-4,13-14,20H2,1-2H3,(H,21,23);1H. The van der Waals surface area contributed by atoms with Crippen molar-refractivity contribution < 1.29 is 4.79 Å². The van der Waals surface area contributed by atoms with Crippen molar-refractivity contribution in [2.24, 2.45) is 0 Å². The highest BCUT2D eigenvalue weighted by Crippen LogP contribution is 2.12. The first-order valence-corrected chi connectivity index (χ1v) is 8.07. The van der Waals surface area contributed by atoms with E-state index in [1.807, 2.05) is 12.1 Å². The lowest BCUT2D eigenvalue weighted by Gasteiger charge is -2.20. The zero-order chi connectivity index (χ0) is 16.7. The number of anilines is 1. The van der Waals surface area contributed by atoms with Crippen LogP contribution in [-0.4, -0.2) is 23.9 Å². The fourth-order valence-corrected chi connectivity index (χ4v) is 2.48. The molecule has 0 spiro atoms. The summed E-state index contributed by atoms with van der Waals surface area (Å²) in [6, 6.07) is 15.2. The number of hydrogen-bond acceptors (Lipinski definition) is 3. The molecule has 0 aliphatic carbocycles. The van der Waals surface area contributed by atoms with Crippen molar-refractivity contribution in [3.63, 3.8) is 0 Å². The first-order valence-electron chi connectivity index (χ1n) is 8.07. The molecule has 0 bridgehead atoms. The minimum absolute atomic E-state index is 0. The van der Waals surface area contributed by atoms with Crippen LogP contribution in [0, 0.1) is 0 Å². The highest BCUT2D eigenvalue weighted by atomic mass is 35.5. The second-order valence-corrected chi connectivity index (χ2v) is 5.53. The predicted molar refractivity (Wildman–Crippen MR) is 102 cm³/mol. The largest absolute Gasteiger partial charge is 0.399 e. The third kappa shape index (κ3) is 5.55. The van der Waals surface area contributed by atoms with Gasteiger partial charge in [0.25, 0.3) is 5.91 Å². The molecule has 5 heteroatoms. The van der Waals surface area contributed by atoms with E-state index in [1.165, 1.54) is 5.56 Å². The zero-order valence-corrected chi connectivity index (χ0v) is 15.1. The van der Waals surface area contributed by atoms with E-state index in [-0.39, 0.29) is 18.3 Å². The van der Waals surface area contributed by atoms with E-state index in [9.17, 15) is 4.79 Å². The molecule has 0 aliphatic heterocycles. The number of nitrogens with zero attached hydrogens (tertiary/aromatic N) is 1. The van der Waals surface area contributed by atoms with Gasteiger partial charge in [0.1, 0.15) is 0 Å². The smallest absolute Gasteiger partial charge is 0.251 e. The number of carbonyl (C=O) groups is 1. The van der Waals surface area contributed by atoms with Crippen molar-refractivity contribution in [1.82, 2.24) is 10.2 Å². The number of rotatable bonds is 7. The molecule has 0 fully saturated rings. The summed E-state index contributed by atoms with van der Waals surface area (Å²) in [7, 11) is 0. The van der Waals surface area contributed by atoms with Crippen LogP contribution >= 0.6 is 12.4 Å².